The molecule has 0 aromatic heterocycles. The molecule has 0 heterocycles. The van der Waals surface area contributed by atoms with Crippen molar-refractivity contribution in [1.29, 1.82) is 0 Å². The van der Waals surface area contributed by atoms with Crippen molar-refractivity contribution in [2.45, 2.75) is 6.92 Å². The van der Waals surface area contributed by atoms with E-state index in [-0.39, 0.29) is 10.1 Å². The first-order chi connectivity index (χ1) is 10.4. The van der Waals surface area contributed by atoms with Gasteiger partial charge in [-0.3, -0.25) is 10.1 Å². The van der Waals surface area contributed by atoms with E-state index >= 15 is 0 Å². The fraction of sp³-hybridized carbons (Fsp3) is 0.0667. The number of hydrogen-bond donors (Lipinski definition) is 2. The van der Waals surface area contributed by atoms with Crippen LogP contribution in [0.4, 0.5) is 5.69 Å². The second-order valence-corrected chi connectivity index (χ2v) is 6.62. The van der Waals surface area contributed by atoms with Crippen LogP contribution in [0, 0.1) is 6.92 Å². The summed E-state index contributed by atoms with van der Waals surface area (Å²) in [6.45, 7) is 1.98. The van der Waals surface area contributed by atoms with Crippen LogP contribution in [0.15, 0.2) is 40.9 Å². The number of halogens is 3. The van der Waals surface area contributed by atoms with Gasteiger partial charge in [-0.1, -0.05) is 29.3 Å². The molecule has 0 aliphatic heterocycles. The van der Waals surface area contributed by atoms with E-state index in [0.717, 1.165) is 15.7 Å². The molecule has 0 radical (unpaired) electrons. The van der Waals surface area contributed by atoms with Crippen molar-refractivity contribution in [2.75, 3.05) is 5.32 Å². The second-order valence-electron chi connectivity index (χ2n) is 4.52. The fourth-order valence-electron chi connectivity index (χ4n) is 1.72. The summed E-state index contributed by atoms with van der Waals surface area (Å²) in [5.41, 5.74) is 2.18. The minimum atomic E-state index is -0.401. The largest absolute Gasteiger partial charge is 0.331 e. The summed E-state index contributed by atoms with van der Waals surface area (Å²) in [7, 11) is 0. The quantitative estimate of drug-likeness (QED) is 0.660. The van der Waals surface area contributed by atoms with E-state index in [9.17, 15) is 4.79 Å². The van der Waals surface area contributed by atoms with Gasteiger partial charge in [0.05, 0.1) is 16.3 Å². The van der Waals surface area contributed by atoms with Gasteiger partial charge in [-0.15, -0.1) is 0 Å². The van der Waals surface area contributed by atoms with Crippen molar-refractivity contribution in [3.05, 3.63) is 62.0 Å². The predicted octanol–water partition coefficient (Wildman–Crippen LogP) is 5.19. The van der Waals surface area contributed by atoms with E-state index in [1.807, 2.05) is 25.1 Å². The molecule has 0 aliphatic rings. The molecule has 2 rings (SSSR count). The molecule has 0 saturated carbocycles. The highest BCUT2D eigenvalue weighted by Gasteiger charge is 2.12. The molecule has 0 aliphatic carbocycles. The lowest BCUT2D eigenvalue weighted by Crippen LogP contribution is -2.34. The smallest absolute Gasteiger partial charge is 0.258 e. The van der Waals surface area contributed by atoms with Gasteiger partial charge < -0.3 is 5.32 Å². The number of amides is 1. The molecule has 2 N–H and O–H groups in total. The average Bonchev–Trinajstić information content (AvgIpc) is 2.41. The number of nitrogens with one attached hydrogen (secondary N) is 2. The van der Waals surface area contributed by atoms with E-state index in [4.69, 9.17) is 35.4 Å². The van der Waals surface area contributed by atoms with Crippen LogP contribution >= 0.6 is 51.3 Å². The lowest BCUT2D eigenvalue weighted by molar-refractivity contribution is 0.0978. The standard InChI is InChI=1S/C15H11BrCl2N2OS/c1-8-2-5-13(11(16)6-8)19-15(22)20-14(21)10-4-3-9(17)7-12(10)18/h2-7H,1H3,(H2,19,20,21,22). The zero-order valence-electron chi connectivity index (χ0n) is 11.4. The highest BCUT2D eigenvalue weighted by atomic mass is 79.9. The molecule has 7 heteroatoms. The summed E-state index contributed by atoms with van der Waals surface area (Å²) in [6, 6.07) is 10.4. The number of benzene rings is 2. The number of rotatable bonds is 2. The van der Waals surface area contributed by atoms with Gasteiger partial charge in [0.1, 0.15) is 0 Å². The highest BCUT2D eigenvalue weighted by molar-refractivity contribution is 9.10. The molecule has 0 unspecified atom stereocenters. The van der Waals surface area contributed by atoms with Gasteiger partial charge >= 0.3 is 0 Å². The maximum atomic E-state index is 12.1. The zero-order chi connectivity index (χ0) is 16.3. The van der Waals surface area contributed by atoms with Crippen LogP contribution in [0.2, 0.25) is 10.0 Å². The number of aryl methyl sites for hydroxylation is 1. The molecular formula is C15H11BrCl2N2OS. The van der Waals surface area contributed by atoms with E-state index < -0.39 is 5.91 Å². The lowest BCUT2D eigenvalue weighted by atomic mass is 10.2. The number of carbonyl (C=O) groups is 1. The molecule has 2 aromatic carbocycles. The Bertz CT molecular complexity index is 752. The Kier molecular flexibility index (Phi) is 5.81. The Hall–Kier alpha value is -1.14. The van der Waals surface area contributed by atoms with Crippen molar-refractivity contribution in [3.63, 3.8) is 0 Å². The monoisotopic (exact) mass is 416 g/mol. The first-order valence-corrected chi connectivity index (χ1v) is 8.16. The van der Waals surface area contributed by atoms with Crippen molar-refractivity contribution >= 4 is 68.1 Å². The van der Waals surface area contributed by atoms with E-state index in [1.165, 1.54) is 6.07 Å². The third-order valence-electron chi connectivity index (χ3n) is 2.78. The second kappa shape index (κ2) is 7.42. The third-order valence-corrected chi connectivity index (χ3v) is 4.18. The zero-order valence-corrected chi connectivity index (χ0v) is 15.3. The first kappa shape index (κ1) is 17.2. The van der Waals surface area contributed by atoms with Gasteiger partial charge in [0.2, 0.25) is 0 Å². The fourth-order valence-corrected chi connectivity index (χ4v) is 3.01. The minimum absolute atomic E-state index is 0.181. The molecule has 22 heavy (non-hydrogen) atoms. The van der Waals surface area contributed by atoms with Crippen LogP contribution in [-0.4, -0.2) is 11.0 Å². The molecule has 0 spiro atoms. The number of hydrogen-bond acceptors (Lipinski definition) is 2. The summed E-state index contributed by atoms with van der Waals surface area (Å²) in [5, 5.41) is 6.44. The number of anilines is 1. The van der Waals surface area contributed by atoms with Crippen LogP contribution in [0.1, 0.15) is 15.9 Å². The molecule has 114 valence electrons. The van der Waals surface area contributed by atoms with Crippen molar-refractivity contribution in [2.24, 2.45) is 0 Å². The summed E-state index contributed by atoms with van der Waals surface area (Å²) in [6.07, 6.45) is 0. The Morgan fingerprint density at radius 2 is 1.91 bits per heavy atom. The van der Waals surface area contributed by atoms with Gasteiger partial charge in [0.15, 0.2) is 5.11 Å². The van der Waals surface area contributed by atoms with Gasteiger partial charge in [0.25, 0.3) is 5.91 Å². The molecule has 0 bridgehead atoms. The molecule has 3 nitrogen and oxygen atoms in total. The molecule has 2 aromatic rings. The van der Waals surface area contributed by atoms with Crippen molar-refractivity contribution < 1.29 is 4.79 Å². The third kappa shape index (κ3) is 4.43. The Labute approximate surface area is 152 Å². The van der Waals surface area contributed by atoms with Crippen LogP contribution in [-0.2, 0) is 0 Å². The lowest BCUT2D eigenvalue weighted by Gasteiger charge is -2.12. The molecular weight excluding hydrogens is 407 g/mol. The van der Waals surface area contributed by atoms with Crippen molar-refractivity contribution in [1.82, 2.24) is 5.32 Å². The van der Waals surface area contributed by atoms with Crippen LogP contribution < -0.4 is 10.6 Å². The van der Waals surface area contributed by atoms with E-state index in [2.05, 4.69) is 26.6 Å². The first-order valence-electron chi connectivity index (χ1n) is 6.20. The van der Waals surface area contributed by atoms with Gasteiger partial charge in [-0.25, -0.2) is 0 Å². The van der Waals surface area contributed by atoms with E-state index in [1.54, 1.807) is 12.1 Å². The molecule has 0 fully saturated rings. The molecule has 1 amide bonds. The van der Waals surface area contributed by atoms with Crippen LogP contribution in [0.3, 0.4) is 0 Å². The number of carbonyl (C=O) groups excluding carboxylic acids is 1. The Morgan fingerprint density at radius 3 is 2.55 bits per heavy atom. The normalized spacial score (nSPS) is 10.2. The Balaban J connectivity index is 2.06. The summed E-state index contributed by atoms with van der Waals surface area (Å²) < 4.78 is 0.855. The molecule has 0 atom stereocenters. The van der Waals surface area contributed by atoms with E-state index in [0.29, 0.717) is 10.6 Å². The van der Waals surface area contributed by atoms with Crippen molar-refractivity contribution in [3.8, 4) is 0 Å². The average molecular weight is 418 g/mol. The summed E-state index contributed by atoms with van der Waals surface area (Å²) in [4.78, 5) is 12.1. The summed E-state index contributed by atoms with van der Waals surface area (Å²) in [5.74, 6) is -0.401. The maximum Gasteiger partial charge on any atom is 0.258 e. The Morgan fingerprint density at radius 1 is 1.18 bits per heavy atom. The minimum Gasteiger partial charge on any atom is -0.331 e. The van der Waals surface area contributed by atoms with Gasteiger partial charge in [-0.05, 0) is 71.0 Å². The van der Waals surface area contributed by atoms with Gasteiger partial charge in [0, 0.05) is 9.50 Å². The summed E-state index contributed by atoms with van der Waals surface area (Å²) >= 11 is 20.4. The topological polar surface area (TPSA) is 41.1 Å². The molecule has 0 saturated heterocycles. The van der Waals surface area contributed by atoms with Gasteiger partial charge in [-0.2, -0.15) is 0 Å². The number of thiocarbonyl (C=S) groups is 1. The van der Waals surface area contributed by atoms with Crippen LogP contribution in [0.5, 0.6) is 0 Å². The maximum absolute atomic E-state index is 12.1. The SMILES string of the molecule is Cc1ccc(NC(=S)NC(=O)c2ccc(Cl)cc2Cl)c(Br)c1. The predicted molar refractivity (Wildman–Crippen MR) is 99.0 cm³/mol. The highest BCUT2D eigenvalue weighted by Crippen LogP contribution is 2.23. The van der Waals surface area contributed by atoms with Crippen LogP contribution in [0.25, 0.3) is 0 Å².